The van der Waals surface area contributed by atoms with Crippen LogP contribution in [0.3, 0.4) is 0 Å². The molecule has 0 aliphatic heterocycles. The van der Waals surface area contributed by atoms with Gasteiger partial charge in [-0.1, -0.05) is 11.6 Å². The summed E-state index contributed by atoms with van der Waals surface area (Å²) < 4.78 is 27.9. The Morgan fingerprint density at radius 1 is 1.44 bits per heavy atom. The minimum Gasteiger partial charge on any atom is -0.469 e. The van der Waals surface area contributed by atoms with E-state index >= 15 is 0 Å². The normalized spacial score (nSPS) is 11.2. The lowest BCUT2D eigenvalue weighted by Gasteiger charge is -2.07. The number of rotatable bonds is 5. The van der Waals surface area contributed by atoms with Gasteiger partial charge in [0.25, 0.3) is 0 Å². The molecule has 7 heteroatoms. The minimum atomic E-state index is -3.42. The highest BCUT2D eigenvalue weighted by Crippen LogP contribution is 2.20. The van der Waals surface area contributed by atoms with Gasteiger partial charge in [-0.3, -0.25) is 4.79 Å². The zero-order valence-electron chi connectivity index (χ0n) is 9.85. The van der Waals surface area contributed by atoms with Crippen LogP contribution in [0.25, 0.3) is 0 Å². The van der Waals surface area contributed by atoms with E-state index in [9.17, 15) is 13.2 Å². The van der Waals surface area contributed by atoms with E-state index in [1.165, 1.54) is 13.2 Å². The van der Waals surface area contributed by atoms with Gasteiger partial charge in [0, 0.05) is 10.7 Å². The first-order chi connectivity index (χ1) is 8.34. The van der Waals surface area contributed by atoms with Crippen molar-refractivity contribution < 1.29 is 17.9 Å². The maximum atomic E-state index is 11.8. The number of hydrogen-bond donors (Lipinski definition) is 1. The molecule has 1 rings (SSSR count). The molecule has 1 aromatic rings. The zero-order chi connectivity index (χ0) is 13.8. The van der Waals surface area contributed by atoms with Gasteiger partial charge in [0.2, 0.25) is 0 Å². The summed E-state index contributed by atoms with van der Waals surface area (Å²) in [7, 11) is -2.21. The predicted molar refractivity (Wildman–Crippen MR) is 70.0 cm³/mol. The standard InChI is InChI=1S/C11H14ClNO4S/c1-17-11(14)4-5-18(15,16)7-8-6-9(12)2-3-10(8)13/h2-3,6H,4-5,7,13H2,1H3. The van der Waals surface area contributed by atoms with Crippen LogP contribution in [0.15, 0.2) is 18.2 Å². The van der Waals surface area contributed by atoms with Crippen LogP contribution < -0.4 is 5.73 Å². The number of carbonyl (C=O) groups excluding carboxylic acids is 1. The van der Waals surface area contributed by atoms with Crippen molar-refractivity contribution in [3.63, 3.8) is 0 Å². The third-order valence-corrected chi connectivity index (χ3v) is 4.14. The Bertz CT molecular complexity index is 542. The van der Waals surface area contributed by atoms with Gasteiger partial charge in [-0.25, -0.2) is 8.42 Å². The Morgan fingerprint density at radius 3 is 2.72 bits per heavy atom. The van der Waals surface area contributed by atoms with Crippen LogP contribution in [0, 0.1) is 0 Å². The van der Waals surface area contributed by atoms with Gasteiger partial charge < -0.3 is 10.5 Å². The van der Waals surface area contributed by atoms with Crippen LogP contribution in [-0.2, 0) is 25.1 Å². The number of sulfone groups is 1. The smallest absolute Gasteiger partial charge is 0.306 e. The van der Waals surface area contributed by atoms with E-state index in [4.69, 9.17) is 17.3 Å². The third kappa shape index (κ3) is 4.54. The molecule has 2 N–H and O–H groups in total. The highest BCUT2D eigenvalue weighted by Gasteiger charge is 2.16. The second-order valence-electron chi connectivity index (χ2n) is 3.76. The summed E-state index contributed by atoms with van der Waals surface area (Å²) >= 11 is 5.77. The number of halogens is 1. The van der Waals surface area contributed by atoms with Gasteiger partial charge in [-0.2, -0.15) is 0 Å². The summed E-state index contributed by atoms with van der Waals surface area (Å²) in [6.45, 7) is 0. The molecule has 0 bridgehead atoms. The van der Waals surface area contributed by atoms with E-state index in [1.807, 2.05) is 0 Å². The molecule has 5 nitrogen and oxygen atoms in total. The van der Waals surface area contributed by atoms with Crippen molar-refractivity contribution in [3.05, 3.63) is 28.8 Å². The van der Waals surface area contributed by atoms with Crippen LogP contribution in [0.1, 0.15) is 12.0 Å². The van der Waals surface area contributed by atoms with Crippen LogP contribution in [0.5, 0.6) is 0 Å². The largest absolute Gasteiger partial charge is 0.469 e. The summed E-state index contributed by atoms with van der Waals surface area (Å²) in [5.74, 6) is -1.07. The van der Waals surface area contributed by atoms with Gasteiger partial charge in [-0.15, -0.1) is 0 Å². The molecular weight excluding hydrogens is 278 g/mol. The fourth-order valence-electron chi connectivity index (χ4n) is 1.35. The lowest BCUT2D eigenvalue weighted by molar-refractivity contribution is -0.140. The molecule has 0 saturated carbocycles. The topological polar surface area (TPSA) is 86.5 Å². The second-order valence-corrected chi connectivity index (χ2v) is 6.38. The molecule has 0 amide bonds. The average Bonchev–Trinajstić information content (AvgIpc) is 2.30. The van der Waals surface area contributed by atoms with Crippen LogP contribution in [0.4, 0.5) is 5.69 Å². The first kappa shape index (κ1) is 14.8. The van der Waals surface area contributed by atoms with Crippen molar-refractivity contribution in [2.45, 2.75) is 12.2 Å². The molecule has 0 saturated heterocycles. The predicted octanol–water partition coefficient (Wildman–Crippen LogP) is 1.40. The average molecular weight is 292 g/mol. The second kappa shape index (κ2) is 6.06. The van der Waals surface area contributed by atoms with Crippen LogP contribution in [-0.4, -0.2) is 27.2 Å². The van der Waals surface area contributed by atoms with Crippen molar-refractivity contribution in [1.29, 1.82) is 0 Å². The van der Waals surface area contributed by atoms with Crippen molar-refractivity contribution in [1.82, 2.24) is 0 Å². The number of nitrogens with two attached hydrogens (primary N) is 1. The molecule has 0 fully saturated rings. The van der Waals surface area contributed by atoms with Gasteiger partial charge in [0.1, 0.15) is 0 Å². The minimum absolute atomic E-state index is 0.167. The fourth-order valence-corrected chi connectivity index (χ4v) is 2.89. The number of esters is 1. The monoisotopic (exact) mass is 291 g/mol. The Balaban J connectivity index is 2.76. The summed E-state index contributed by atoms with van der Waals surface area (Å²) in [4.78, 5) is 10.9. The van der Waals surface area contributed by atoms with Crippen molar-refractivity contribution in [3.8, 4) is 0 Å². The molecule has 18 heavy (non-hydrogen) atoms. The van der Waals surface area contributed by atoms with Gasteiger partial charge >= 0.3 is 5.97 Å². The molecular formula is C11H14ClNO4S. The SMILES string of the molecule is COC(=O)CCS(=O)(=O)Cc1cc(Cl)ccc1N. The maximum absolute atomic E-state index is 11.8. The highest BCUT2D eigenvalue weighted by atomic mass is 35.5. The number of anilines is 1. The first-order valence-electron chi connectivity index (χ1n) is 5.15. The lowest BCUT2D eigenvalue weighted by Crippen LogP contribution is -2.14. The van der Waals surface area contributed by atoms with Crippen LogP contribution in [0.2, 0.25) is 5.02 Å². The zero-order valence-corrected chi connectivity index (χ0v) is 11.4. The van der Waals surface area contributed by atoms with Crippen LogP contribution >= 0.6 is 11.6 Å². The molecule has 0 aliphatic carbocycles. The number of nitrogen functional groups attached to an aromatic ring is 1. The van der Waals surface area contributed by atoms with E-state index in [0.717, 1.165) is 0 Å². The number of benzene rings is 1. The van der Waals surface area contributed by atoms with Gasteiger partial charge in [0.05, 0.1) is 25.0 Å². The number of carbonyl (C=O) groups is 1. The quantitative estimate of drug-likeness (QED) is 0.654. The third-order valence-electron chi connectivity index (χ3n) is 2.33. The molecule has 0 radical (unpaired) electrons. The molecule has 0 spiro atoms. The summed E-state index contributed by atoms with van der Waals surface area (Å²) in [5.41, 5.74) is 6.46. The van der Waals surface area contributed by atoms with Crippen molar-refractivity contribution in [2.75, 3.05) is 18.6 Å². The summed E-state index contributed by atoms with van der Waals surface area (Å²) in [5, 5.41) is 0.419. The maximum Gasteiger partial charge on any atom is 0.306 e. The Labute approximate surface area is 111 Å². The molecule has 1 aromatic carbocycles. The van der Waals surface area contributed by atoms with Gasteiger partial charge in [0.15, 0.2) is 9.84 Å². The van der Waals surface area contributed by atoms with E-state index in [1.54, 1.807) is 12.1 Å². The lowest BCUT2D eigenvalue weighted by atomic mass is 10.2. The molecule has 0 atom stereocenters. The van der Waals surface area contributed by atoms with Crippen molar-refractivity contribution in [2.24, 2.45) is 0 Å². The number of hydrogen-bond acceptors (Lipinski definition) is 5. The molecule has 0 aliphatic rings. The van der Waals surface area contributed by atoms with E-state index in [0.29, 0.717) is 16.3 Å². The number of methoxy groups -OCH3 is 1. The number of ether oxygens (including phenoxy) is 1. The summed E-state index contributed by atoms with van der Waals surface area (Å²) in [6.07, 6.45) is -0.167. The summed E-state index contributed by atoms with van der Waals surface area (Å²) in [6, 6.07) is 4.64. The Kier molecular flexibility index (Phi) is 4.98. The Morgan fingerprint density at radius 2 is 2.11 bits per heavy atom. The highest BCUT2D eigenvalue weighted by molar-refractivity contribution is 7.90. The van der Waals surface area contributed by atoms with E-state index < -0.39 is 15.8 Å². The fraction of sp³-hybridized carbons (Fsp3) is 0.364. The molecule has 100 valence electrons. The first-order valence-corrected chi connectivity index (χ1v) is 7.35. The van der Waals surface area contributed by atoms with E-state index in [2.05, 4.69) is 4.74 Å². The molecule has 0 aromatic heterocycles. The molecule has 0 unspecified atom stereocenters. The molecule has 0 heterocycles. The van der Waals surface area contributed by atoms with Gasteiger partial charge in [-0.05, 0) is 23.8 Å². The van der Waals surface area contributed by atoms with E-state index in [-0.39, 0.29) is 17.9 Å². The Hall–Kier alpha value is -1.27. The van der Waals surface area contributed by atoms with Crippen molar-refractivity contribution >= 4 is 33.1 Å².